The number of thiophene rings is 1. The van der Waals surface area contributed by atoms with Crippen molar-refractivity contribution in [3.8, 4) is 5.00 Å². The Morgan fingerprint density at radius 2 is 1.89 bits per heavy atom. The minimum Gasteiger partial charge on any atom is -0.326 e. The van der Waals surface area contributed by atoms with Gasteiger partial charge in [-0.3, -0.25) is 14.4 Å². The van der Waals surface area contributed by atoms with Crippen LogP contribution in [-0.4, -0.2) is 26.4 Å². The van der Waals surface area contributed by atoms with Gasteiger partial charge in [0.2, 0.25) is 5.91 Å². The summed E-state index contributed by atoms with van der Waals surface area (Å²) in [5, 5.41) is 17.0. The van der Waals surface area contributed by atoms with Gasteiger partial charge in [0, 0.05) is 39.8 Å². The number of aromatic nitrogens is 3. The number of anilines is 1. The van der Waals surface area contributed by atoms with Crippen LogP contribution in [0.25, 0.3) is 5.00 Å². The first-order valence-corrected chi connectivity index (χ1v) is 13.1. The molecule has 2 aliphatic rings. The van der Waals surface area contributed by atoms with E-state index in [-0.39, 0.29) is 12.3 Å². The second kappa shape index (κ2) is 8.96. The van der Waals surface area contributed by atoms with Gasteiger partial charge in [-0.15, -0.1) is 21.5 Å². The normalized spacial score (nSPS) is 16.1. The number of rotatable bonds is 4. The predicted molar refractivity (Wildman–Crippen MR) is 144 cm³/mol. The maximum absolute atomic E-state index is 13.3. The molecule has 0 saturated carbocycles. The van der Waals surface area contributed by atoms with E-state index in [0.717, 1.165) is 46.4 Å². The topological polar surface area (TPSA) is 84.2 Å². The van der Waals surface area contributed by atoms with Crippen LogP contribution in [0, 0.1) is 20.8 Å². The first kappa shape index (κ1) is 23.1. The van der Waals surface area contributed by atoms with E-state index in [9.17, 15) is 4.79 Å². The van der Waals surface area contributed by atoms with Crippen molar-refractivity contribution in [1.29, 1.82) is 0 Å². The lowest BCUT2D eigenvalue weighted by Crippen LogP contribution is -2.17. The SMILES string of the molecule is Cc1sc2c(c1C)C(c1ccc(Cl)cc1)=N[C@@H](CC(=O)Nc1ccc3c(c1)CNC3)c1nnc(C)n1-2. The lowest BCUT2D eigenvalue weighted by molar-refractivity contribution is -0.116. The molecule has 36 heavy (non-hydrogen) atoms. The summed E-state index contributed by atoms with van der Waals surface area (Å²) in [6.45, 7) is 7.86. The fourth-order valence-electron chi connectivity index (χ4n) is 4.89. The molecule has 0 saturated heterocycles. The average Bonchev–Trinajstić information content (AvgIpc) is 3.52. The van der Waals surface area contributed by atoms with Crippen LogP contribution >= 0.6 is 22.9 Å². The standard InChI is InChI=1S/C27H25ClN6OS/c1-14-15(2)36-27-24(14)25(17-4-7-20(28)8-5-17)31-22(26-33-32-16(3)34(26)27)11-23(35)30-21-9-6-18-12-29-13-19(18)10-21/h4-10,22,29H,11-13H2,1-3H3,(H,30,35)/t22-/m0/s1. The lowest BCUT2D eigenvalue weighted by atomic mass is 9.99. The first-order chi connectivity index (χ1) is 17.4. The summed E-state index contributed by atoms with van der Waals surface area (Å²) in [4.78, 5) is 19.6. The van der Waals surface area contributed by atoms with Crippen molar-refractivity contribution in [2.45, 2.75) is 46.3 Å². The minimum atomic E-state index is -0.493. The zero-order valence-corrected chi connectivity index (χ0v) is 21.8. The molecule has 0 fully saturated rings. The van der Waals surface area contributed by atoms with Gasteiger partial charge in [-0.2, -0.15) is 0 Å². The molecule has 0 aliphatic carbocycles. The number of amides is 1. The van der Waals surface area contributed by atoms with Crippen LogP contribution in [0.1, 0.15) is 56.8 Å². The fourth-order valence-corrected chi connectivity index (χ4v) is 6.23. The average molecular weight is 517 g/mol. The van der Waals surface area contributed by atoms with Gasteiger partial charge in [-0.05, 0) is 61.7 Å². The molecule has 2 aromatic heterocycles. The highest BCUT2D eigenvalue weighted by molar-refractivity contribution is 7.15. The second-order valence-corrected chi connectivity index (χ2v) is 10.9. The van der Waals surface area contributed by atoms with E-state index >= 15 is 0 Å². The third-order valence-corrected chi connectivity index (χ3v) is 8.30. The molecule has 4 aromatic rings. The van der Waals surface area contributed by atoms with Crippen LogP contribution < -0.4 is 10.6 Å². The summed E-state index contributed by atoms with van der Waals surface area (Å²) in [6.07, 6.45) is 0.150. The van der Waals surface area contributed by atoms with E-state index < -0.39 is 6.04 Å². The number of aryl methyl sites for hydroxylation is 2. The Labute approximate surface area is 218 Å². The summed E-state index contributed by atoms with van der Waals surface area (Å²) >= 11 is 7.89. The highest BCUT2D eigenvalue weighted by Crippen LogP contribution is 2.39. The van der Waals surface area contributed by atoms with Gasteiger partial charge >= 0.3 is 0 Å². The predicted octanol–water partition coefficient (Wildman–Crippen LogP) is 5.43. The first-order valence-electron chi connectivity index (χ1n) is 11.9. The Kier molecular flexibility index (Phi) is 5.75. The van der Waals surface area contributed by atoms with Crippen LogP contribution in [0.15, 0.2) is 47.5 Å². The number of carbonyl (C=O) groups is 1. The van der Waals surface area contributed by atoms with E-state index in [2.05, 4.69) is 45.3 Å². The van der Waals surface area contributed by atoms with Crippen molar-refractivity contribution in [2.24, 2.45) is 4.99 Å². The van der Waals surface area contributed by atoms with Crippen molar-refractivity contribution in [3.05, 3.63) is 91.8 Å². The molecule has 2 aliphatic heterocycles. The van der Waals surface area contributed by atoms with Gasteiger partial charge in [0.05, 0.1) is 12.1 Å². The number of hydrogen-bond donors (Lipinski definition) is 2. The van der Waals surface area contributed by atoms with Crippen molar-refractivity contribution < 1.29 is 4.79 Å². The Morgan fingerprint density at radius 3 is 2.69 bits per heavy atom. The second-order valence-electron chi connectivity index (χ2n) is 9.24. The molecule has 2 aromatic carbocycles. The molecule has 4 heterocycles. The van der Waals surface area contributed by atoms with Crippen molar-refractivity contribution >= 4 is 40.2 Å². The zero-order valence-electron chi connectivity index (χ0n) is 20.2. The number of fused-ring (bicyclic) bond motifs is 4. The molecule has 7 nitrogen and oxygen atoms in total. The molecule has 0 bridgehead atoms. The number of carbonyl (C=O) groups excluding carboxylic acids is 1. The minimum absolute atomic E-state index is 0.115. The maximum Gasteiger partial charge on any atom is 0.227 e. The van der Waals surface area contributed by atoms with Crippen LogP contribution in [0.4, 0.5) is 5.69 Å². The number of nitrogens with one attached hydrogen (secondary N) is 2. The lowest BCUT2D eigenvalue weighted by Gasteiger charge is -2.13. The Balaban J connectivity index is 1.41. The Bertz CT molecular complexity index is 1530. The monoisotopic (exact) mass is 516 g/mol. The number of hydrogen-bond acceptors (Lipinski definition) is 6. The van der Waals surface area contributed by atoms with Crippen molar-refractivity contribution in [2.75, 3.05) is 5.32 Å². The van der Waals surface area contributed by atoms with Crippen molar-refractivity contribution in [3.63, 3.8) is 0 Å². The highest BCUT2D eigenvalue weighted by atomic mass is 35.5. The van der Waals surface area contributed by atoms with E-state index in [1.54, 1.807) is 11.3 Å². The quantitative estimate of drug-likeness (QED) is 0.378. The maximum atomic E-state index is 13.3. The molecule has 6 rings (SSSR count). The third-order valence-electron chi connectivity index (χ3n) is 6.86. The summed E-state index contributed by atoms with van der Waals surface area (Å²) < 4.78 is 2.06. The van der Waals surface area contributed by atoms with Gasteiger partial charge < -0.3 is 10.6 Å². The summed E-state index contributed by atoms with van der Waals surface area (Å²) in [7, 11) is 0. The van der Waals surface area contributed by atoms with Crippen LogP contribution in [0.3, 0.4) is 0 Å². The van der Waals surface area contributed by atoms with E-state index in [1.807, 2.05) is 43.3 Å². The number of nitrogens with zero attached hydrogens (tertiary/aromatic N) is 4. The zero-order chi connectivity index (χ0) is 25.0. The number of aliphatic imine (C=N–C) groups is 1. The van der Waals surface area contributed by atoms with Crippen LogP contribution in [0.5, 0.6) is 0 Å². The van der Waals surface area contributed by atoms with Gasteiger partial charge in [0.15, 0.2) is 5.82 Å². The van der Waals surface area contributed by atoms with Gasteiger partial charge in [-0.25, -0.2) is 0 Å². The number of halogens is 1. The molecule has 0 spiro atoms. The summed E-state index contributed by atoms with van der Waals surface area (Å²) in [6, 6.07) is 13.3. The number of benzene rings is 2. The van der Waals surface area contributed by atoms with Crippen molar-refractivity contribution in [1.82, 2.24) is 20.1 Å². The van der Waals surface area contributed by atoms with Gasteiger partial charge in [0.1, 0.15) is 16.9 Å². The van der Waals surface area contributed by atoms with E-state index in [0.29, 0.717) is 10.8 Å². The molecule has 182 valence electrons. The van der Waals surface area contributed by atoms with Crippen LogP contribution in [-0.2, 0) is 17.9 Å². The Morgan fingerprint density at radius 1 is 1.11 bits per heavy atom. The smallest absolute Gasteiger partial charge is 0.227 e. The molecular formula is C27H25ClN6OS. The molecular weight excluding hydrogens is 492 g/mol. The molecule has 2 N–H and O–H groups in total. The van der Waals surface area contributed by atoms with Crippen LogP contribution in [0.2, 0.25) is 5.02 Å². The molecule has 0 radical (unpaired) electrons. The Hall–Kier alpha value is -3.33. The molecule has 0 unspecified atom stereocenters. The van der Waals surface area contributed by atoms with E-state index in [4.69, 9.17) is 16.6 Å². The molecule has 9 heteroatoms. The third kappa shape index (κ3) is 3.95. The molecule has 1 amide bonds. The van der Waals surface area contributed by atoms with Gasteiger partial charge in [-0.1, -0.05) is 29.8 Å². The molecule has 1 atom stereocenters. The van der Waals surface area contributed by atoms with Gasteiger partial charge in [0.25, 0.3) is 0 Å². The summed E-state index contributed by atoms with van der Waals surface area (Å²) in [5.41, 5.74) is 7.30. The summed E-state index contributed by atoms with van der Waals surface area (Å²) in [5.74, 6) is 1.33. The van der Waals surface area contributed by atoms with E-state index in [1.165, 1.54) is 21.6 Å². The highest BCUT2D eigenvalue weighted by Gasteiger charge is 2.32. The fraction of sp³-hybridized carbons (Fsp3) is 0.259. The largest absolute Gasteiger partial charge is 0.326 e.